The van der Waals surface area contributed by atoms with Gasteiger partial charge in [0.2, 0.25) is 12.0 Å². The van der Waals surface area contributed by atoms with Gasteiger partial charge >= 0.3 is 0 Å². The SMILES string of the molecule is COc1ccc(OC)c([C@H]2[C@H](Oc3cc(C)ccc3C)C(=O)N2Cc2cccc(NC(C)=O)c2)c1. The molecule has 1 saturated heterocycles. The monoisotopic (exact) mass is 474 g/mol. The Bertz CT molecular complexity index is 1260. The Morgan fingerprint density at radius 1 is 0.971 bits per heavy atom. The summed E-state index contributed by atoms with van der Waals surface area (Å²) in [5, 5.41) is 2.79. The van der Waals surface area contributed by atoms with Gasteiger partial charge in [-0.3, -0.25) is 9.59 Å². The summed E-state index contributed by atoms with van der Waals surface area (Å²) < 4.78 is 17.4. The maximum Gasteiger partial charge on any atom is 0.267 e. The minimum atomic E-state index is -0.713. The van der Waals surface area contributed by atoms with Crippen LogP contribution < -0.4 is 19.5 Å². The zero-order valence-electron chi connectivity index (χ0n) is 20.6. The van der Waals surface area contributed by atoms with Gasteiger partial charge in [0, 0.05) is 24.7 Å². The summed E-state index contributed by atoms with van der Waals surface area (Å²) in [4.78, 5) is 26.7. The lowest BCUT2D eigenvalue weighted by Crippen LogP contribution is -2.60. The van der Waals surface area contributed by atoms with Crippen molar-refractivity contribution in [3.8, 4) is 17.2 Å². The molecule has 1 aliphatic rings. The average molecular weight is 475 g/mol. The molecule has 2 atom stereocenters. The van der Waals surface area contributed by atoms with E-state index >= 15 is 0 Å². The van der Waals surface area contributed by atoms with E-state index in [1.807, 2.05) is 74.5 Å². The molecule has 35 heavy (non-hydrogen) atoms. The molecule has 1 fully saturated rings. The van der Waals surface area contributed by atoms with Crippen molar-refractivity contribution in [1.82, 2.24) is 4.90 Å². The van der Waals surface area contributed by atoms with Crippen molar-refractivity contribution < 1.29 is 23.8 Å². The number of carbonyl (C=O) groups is 2. The van der Waals surface area contributed by atoms with E-state index in [0.717, 1.165) is 22.3 Å². The summed E-state index contributed by atoms with van der Waals surface area (Å²) in [5.74, 6) is 1.73. The van der Waals surface area contributed by atoms with Crippen molar-refractivity contribution in [3.63, 3.8) is 0 Å². The fourth-order valence-corrected chi connectivity index (χ4v) is 4.33. The first-order valence-electron chi connectivity index (χ1n) is 11.4. The molecule has 0 saturated carbocycles. The fourth-order valence-electron chi connectivity index (χ4n) is 4.33. The number of ether oxygens (including phenoxy) is 3. The van der Waals surface area contributed by atoms with Crippen LogP contribution in [0.2, 0.25) is 0 Å². The number of rotatable bonds is 8. The molecular weight excluding hydrogens is 444 g/mol. The lowest BCUT2D eigenvalue weighted by atomic mass is 9.88. The lowest BCUT2D eigenvalue weighted by molar-refractivity contribution is -0.165. The van der Waals surface area contributed by atoms with Crippen LogP contribution in [0.5, 0.6) is 17.2 Å². The number of hydrogen-bond acceptors (Lipinski definition) is 5. The largest absolute Gasteiger partial charge is 0.497 e. The summed E-state index contributed by atoms with van der Waals surface area (Å²) in [7, 11) is 3.21. The molecule has 7 heteroatoms. The summed E-state index contributed by atoms with van der Waals surface area (Å²) in [6, 6.07) is 18.6. The molecule has 7 nitrogen and oxygen atoms in total. The predicted molar refractivity (Wildman–Crippen MR) is 134 cm³/mol. The molecule has 0 aliphatic carbocycles. The van der Waals surface area contributed by atoms with Gasteiger partial charge in [-0.25, -0.2) is 0 Å². The van der Waals surface area contributed by atoms with E-state index in [-0.39, 0.29) is 11.8 Å². The van der Waals surface area contributed by atoms with E-state index in [2.05, 4.69) is 5.32 Å². The highest BCUT2D eigenvalue weighted by molar-refractivity contribution is 5.90. The maximum atomic E-state index is 13.4. The Labute approximate surface area is 205 Å². The lowest BCUT2D eigenvalue weighted by Gasteiger charge is -2.47. The Balaban J connectivity index is 1.70. The summed E-state index contributed by atoms with van der Waals surface area (Å²) >= 11 is 0. The molecule has 4 rings (SSSR count). The van der Waals surface area contributed by atoms with E-state index in [4.69, 9.17) is 14.2 Å². The first-order valence-corrected chi connectivity index (χ1v) is 11.4. The van der Waals surface area contributed by atoms with Gasteiger partial charge in [0.25, 0.3) is 5.91 Å². The van der Waals surface area contributed by atoms with Gasteiger partial charge in [0.15, 0.2) is 0 Å². The highest BCUT2D eigenvalue weighted by atomic mass is 16.5. The average Bonchev–Trinajstić information content (AvgIpc) is 2.84. The summed E-state index contributed by atoms with van der Waals surface area (Å²) in [6.45, 7) is 5.77. The van der Waals surface area contributed by atoms with Crippen LogP contribution in [-0.4, -0.2) is 37.0 Å². The first kappa shape index (κ1) is 24.1. The summed E-state index contributed by atoms with van der Waals surface area (Å²) in [6.07, 6.45) is -0.713. The van der Waals surface area contributed by atoms with Gasteiger partial charge < -0.3 is 24.4 Å². The van der Waals surface area contributed by atoms with Gasteiger partial charge in [0.1, 0.15) is 23.3 Å². The third kappa shape index (κ3) is 5.09. The first-order chi connectivity index (χ1) is 16.8. The molecule has 182 valence electrons. The van der Waals surface area contributed by atoms with Crippen LogP contribution >= 0.6 is 0 Å². The number of β-lactam (4-membered cyclic amide) rings is 1. The van der Waals surface area contributed by atoms with Gasteiger partial charge in [-0.2, -0.15) is 0 Å². The molecule has 0 aromatic heterocycles. The zero-order chi connectivity index (χ0) is 25.1. The van der Waals surface area contributed by atoms with Crippen LogP contribution in [0.25, 0.3) is 0 Å². The molecule has 2 amide bonds. The van der Waals surface area contributed by atoms with Crippen molar-refractivity contribution >= 4 is 17.5 Å². The number of carbonyl (C=O) groups excluding carboxylic acids is 2. The Hall–Kier alpha value is -4.00. The molecular formula is C28H30N2O5. The van der Waals surface area contributed by atoms with Crippen molar-refractivity contribution in [2.45, 2.75) is 39.5 Å². The molecule has 1 aliphatic heterocycles. The van der Waals surface area contributed by atoms with Crippen molar-refractivity contribution in [2.75, 3.05) is 19.5 Å². The van der Waals surface area contributed by atoms with Crippen LogP contribution in [0.3, 0.4) is 0 Å². The predicted octanol–water partition coefficient (Wildman–Crippen LogP) is 4.81. The number of benzene rings is 3. The van der Waals surface area contributed by atoms with Gasteiger partial charge in [0.05, 0.1) is 14.2 Å². The Kier molecular flexibility index (Phi) is 6.96. The standard InChI is InChI=1S/C28H30N2O5/c1-17-9-10-18(2)25(13-17)35-27-26(23-15-22(33-4)11-12-24(23)34-5)30(28(27)32)16-20-7-6-8-21(14-20)29-19(3)31/h6-15,26-27H,16H2,1-5H3,(H,29,31)/t26-,27-/m0/s1. The fraction of sp³-hybridized carbons (Fsp3) is 0.286. The van der Waals surface area contributed by atoms with Crippen LogP contribution in [0.4, 0.5) is 5.69 Å². The number of methoxy groups -OCH3 is 2. The van der Waals surface area contributed by atoms with E-state index in [1.54, 1.807) is 19.1 Å². The third-order valence-corrected chi connectivity index (χ3v) is 6.10. The molecule has 0 unspecified atom stereocenters. The number of aryl methyl sites for hydroxylation is 2. The van der Waals surface area contributed by atoms with Gasteiger partial charge in [-0.05, 0) is 66.9 Å². The minimum Gasteiger partial charge on any atom is -0.497 e. The van der Waals surface area contributed by atoms with Crippen molar-refractivity contribution in [2.24, 2.45) is 0 Å². The number of amides is 2. The number of anilines is 1. The van der Waals surface area contributed by atoms with E-state index < -0.39 is 12.1 Å². The smallest absolute Gasteiger partial charge is 0.267 e. The van der Waals surface area contributed by atoms with E-state index in [9.17, 15) is 9.59 Å². The highest BCUT2D eigenvalue weighted by Gasteiger charge is 2.51. The molecule has 3 aromatic carbocycles. The molecule has 1 N–H and O–H groups in total. The molecule has 1 heterocycles. The second kappa shape index (κ2) is 10.1. The molecule has 0 bridgehead atoms. The third-order valence-electron chi connectivity index (χ3n) is 6.10. The van der Waals surface area contributed by atoms with Crippen LogP contribution in [0.15, 0.2) is 60.7 Å². The number of likely N-dealkylation sites (tertiary alicyclic amines) is 1. The highest BCUT2D eigenvalue weighted by Crippen LogP contribution is 2.44. The van der Waals surface area contributed by atoms with Crippen LogP contribution in [0, 0.1) is 13.8 Å². The van der Waals surface area contributed by atoms with Crippen LogP contribution in [-0.2, 0) is 16.1 Å². The van der Waals surface area contributed by atoms with Gasteiger partial charge in [-0.1, -0.05) is 24.3 Å². The molecule has 0 spiro atoms. The normalized spacial score (nSPS) is 16.9. The number of hydrogen-bond donors (Lipinski definition) is 1. The quantitative estimate of drug-likeness (QED) is 0.474. The Morgan fingerprint density at radius 3 is 2.49 bits per heavy atom. The second-order valence-electron chi connectivity index (χ2n) is 8.71. The number of nitrogens with zero attached hydrogens (tertiary/aromatic N) is 1. The minimum absolute atomic E-state index is 0.120. The summed E-state index contributed by atoms with van der Waals surface area (Å²) in [5.41, 5.74) is 4.39. The number of nitrogens with one attached hydrogen (secondary N) is 1. The molecule has 0 radical (unpaired) electrons. The van der Waals surface area contributed by atoms with Crippen molar-refractivity contribution in [3.05, 3.63) is 82.9 Å². The second-order valence-corrected chi connectivity index (χ2v) is 8.71. The van der Waals surface area contributed by atoms with E-state index in [0.29, 0.717) is 29.5 Å². The maximum absolute atomic E-state index is 13.4. The van der Waals surface area contributed by atoms with Crippen molar-refractivity contribution in [1.29, 1.82) is 0 Å². The topological polar surface area (TPSA) is 77.1 Å². The molecule has 3 aromatic rings. The zero-order valence-corrected chi connectivity index (χ0v) is 20.6. The van der Waals surface area contributed by atoms with E-state index in [1.165, 1.54) is 6.92 Å². The van der Waals surface area contributed by atoms with Crippen LogP contribution in [0.1, 0.15) is 35.2 Å². The Morgan fingerprint density at radius 2 is 1.77 bits per heavy atom. The van der Waals surface area contributed by atoms with Gasteiger partial charge in [-0.15, -0.1) is 0 Å².